The van der Waals surface area contributed by atoms with Crippen molar-refractivity contribution < 1.29 is 10.5 Å². The van der Waals surface area contributed by atoms with Crippen LogP contribution in [0.15, 0.2) is 4.99 Å². The van der Waals surface area contributed by atoms with Crippen LogP contribution in [0.25, 0.3) is 0 Å². The Labute approximate surface area is 90.1 Å². The molecule has 0 aromatic heterocycles. The Bertz CT molecular complexity index is 260. The molecule has 0 saturated heterocycles. The number of carbonyl (C=O) groups is 1. The zero-order valence-corrected chi connectivity index (χ0v) is 9.28. The third-order valence-corrected chi connectivity index (χ3v) is 3.04. The number of Topliss-reactive ketones (excluding diaryl/α,β-unsaturated/α-hetero) is 1. The lowest BCUT2D eigenvalue weighted by Gasteiger charge is -2.11. The van der Waals surface area contributed by atoms with Gasteiger partial charge in [-0.2, -0.15) is 0 Å². The lowest BCUT2D eigenvalue weighted by atomic mass is 9.97. The van der Waals surface area contributed by atoms with Crippen LogP contribution in [0.5, 0.6) is 0 Å². The van der Waals surface area contributed by atoms with Crippen LogP contribution in [0.2, 0.25) is 0 Å². The van der Waals surface area contributed by atoms with Crippen LogP contribution in [0.4, 0.5) is 0 Å². The molecule has 1 aliphatic carbocycles. The van der Waals surface area contributed by atoms with E-state index >= 15 is 0 Å². The fourth-order valence-corrected chi connectivity index (χ4v) is 2.16. The van der Waals surface area contributed by atoms with Crippen molar-refractivity contribution in [2.45, 2.75) is 44.7 Å². The molecule has 1 aliphatic rings. The third kappa shape index (κ3) is 3.87. The van der Waals surface area contributed by atoms with Crippen LogP contribution in [0.1, 0.15) is 32.6 Å². The first-order chi connectivity index (χ1) is 6.99. The maximum atomic E-state index is 11.1. The maximum Gasteiger partial charge on any atom is 0.186 e. The first-order valence-corrected chi connectivity index (χ1v) is 5.41. The Kier molecular flexibility index (Phi) is 4.08. The average Bonchev–Trinajstić information content (AvgIpc) is 2.51. The molecule has 0 heterocycles. The number of ketones is 1. The van der Waals surface area contributed by atoms with E-state index in [1.807, 2.05) is 0 Å². The molecule has 15 heavy (non-hydrogen) atoms. The van der Waals surface area contributed by atoms with Crippen molar-refractivity contribution in [3.05, 3.63) is 0 Å². The van der Waals surface area contributed by atoms with Gasteiger partial charge < -0.3 is 17.2 Å². The minimum absolute atomic E-state index is 0.0760. The smallest absolute Gasteiger partial charge is 0.186 e. The SMILES string of the molecule is CC(=O)C([NH3+])CC1CCC(N=C(N)N)C1. The highest BCUT2D eigenvalue weighted by molar-refractivity contribution is 5.79. The molecular weight excluding hydrogens is 192 g/mol. The van der Waals surface area contributed by atoms with Gasteiger partial charge in [0, 0.05) is 13.3 Å². The van der Waals surface area contributed by atoms with Gasteiger partial charge in [-0.1, -0.05) is 0 Å². The molecule has 3 unspecified atom stereocenters. The van der Waals surface area contributed by atoms with Gasteiger partial charge in [-0.05, 0) is 25.2 Å². The Balaban J connectivity index is 2.37. The monoisotopic (exact) mass is 213 g/mol. The van der Waals surface area contributed by atoms with Crippen LogP contribution in [0, 0.1) is 5.92 Å². The molecule has 1 saturated carbocycles. The third-order valence-electron chi connectivity index (χ3n) is 3.04. The highest BCUT2D eigenvalue weighted by Gasteiger charge is 2.28. The van der Waals surface area contributed by atoms with Crippen molar-refractivity contribution in [3.8, 4) is 0 Å². The summed E-state index contributed by atoms with van der Waals surface area (Å²) in [6.07, 6.45) is 3.97. The van der Waals surface area contributed by atoms with E-state index in [9.17, 15) is 4.79 Å². The van der Waals surface area contributed by atoms with Gasteiger partial charge in [-0.15, -0.1) is 0 Å². The number of aliphatic imine (C=N–C) groups is 1. The van der Waals surface area contributed by atoms with E-state index < -0.39 is 0 Å². The first kappa shape index (κ1) is 12.0. The highest BCUT2D eigenvalue weighted by Crippen LogP contribution is 2.30. The van der Waals surface area contributed by atoms with Crippen molar-refractivity contribution in [1.29, 1.82) is 0 Å². The zero-order valence-electron chi connectivity index (χ0n) is 9.28. The second-order valence-electron chi connectivity index (χ2n) is 4.43. The Morgan fingerprint density at radius 3 is 2.73 bits per heavy atom. The van der Waals surface area contributed by atoms with Crippen molar-refractivity contribution >= 4 is 11.7 Å². The van der Waals surface area contributed by atoms with Gasteiger partial charge in [0.1, 0.15) is 6.04 Å². The second kappa shape index (κ2) is 5.11. The van der Waals surface area contributed by atoms with Crippen LogP contribution < -0.4 is 17.2 Å². The van der Waals surface area contributed by atoms with Crippen molar-refractivity contribution in [1.82, 2.24) is 0 Å². The molecule has 7 N–H and O–H groups in total. The van der Waals surface area contributed by atoms with Gasteiger partial charge in [0.25, 0.3) is 0 Å². The van der Waals surface area contributed by atoms with E-state index in [-0.39, 0.29) is 23.8 Å². The molecule has 0 aliphatic heterocycles. The van der Waals surface area contributed by atoms with Crippen molar-refractivity contribution in [2.24, 2.45) is 22.4 Å². The molecule has 1 rings (SSSR count). The first-order valence-electron chi connectivity index (χ1n) is 5.41. The highest BCUT2D eigenvalue weighted by atomic mass is 16.1. The molecule has 3 atom stereocenters. The van der Waals surface area contributed by atoms with Gasteiger partial charge >= 0.3 is 0 Å². The standard InChI is InChI=1S/C10H20N4O/c1-6(15)9(11)5-7-2-3-8(4-7)14-10(12)13/h7-9H,2-5,11H2,1H3,(H4,12,13,14)/p+1. The lowest BCUT2D eigenvalue weighted by Crippen LogP contribution is -2.64. The average molecular weight is 213 g/mol. The van der Waals surface area contributed by atoms with Crippen molar-refractivity contribution in [2.75, 3.05) is 0 Å². The fourth-order valence-electron chi connectivity index (χ4n) is 2.16. The Morgan fingerprint density at radius 2 is 2.20 bits per heavy atom. The number of nitrogens with two attached hydrogens (primary N) is 2. The molecule has 0 aromatic rings. The quantitative estimate of drug-likeness (QED) is 0.412. The molecule has 0 aromatic carbocycles. The predicted molar refractivity (Wildman–Crippen MR) is 58.9 cm³/mol. The van der Waals surface area contributed by atoms with Gasteiger partial charge in [-0.25, -0.2) is 0 Å². The van der Waals surface area contributed by atoms with Crippen LogP contribution in [-0.4, -0.2) is 23.8 Å². The fraction of sp³-hybridized carbons (Fsp3) is 0.800. The normalized spacial score (nSPS) is 27.3. The minimum atomic E-state index is -0.0760. The van der Waals surface area contributed by atoms with E-state index in [1.165, 1.54) is 0 Å². The lowest BCUT2D eigenvalue weighted by molar-refractivity contribution is -0.406. The second-order valence-corrected chi connectivity index (χ2v) is 4.43. The number of carbonyl (C=O) groups excluding carboxylic acids is 1. The number of hydrogen-bond donors (Lipinski definition) is 3. The molecule has 5 nitrogen and oxygen atoms in total. The van der Waals surface area contributed by atoms with Crippen molar-refractivity contribution in [3.63, 3.8) is 0 Å². The van der Waals surface area contributed by atoms with E-state index in [0.29, 0.717) is 5.92 Å². The molecule has 0 bridgehead atoms. The number of nitrogens with zero attached hydrogens (tertiary/aromatic N) is 1. The molecule has 0 radical (unpaired) electrons. The summed E-state index contributed by atoms with van der Waals surface area (Å²) >= 11 is 0. The van der Waals surface area contributed by atoms with Gasteiger partial charge in [-0.3, -0.25) is 9.79 Å². The maximum absolute atomic E-state index is 11.1. The number of quaternary nitrogens is 1. The summed E-state index contributed by atoms with van der Waals surface area (Å²) in [5, 5.41) is 0. The number of guanidine groups is 1. The summed E-state index contributed by atoms with van der Waals surface area (Å²) in [5.41, 5.74) is 14.5. The molecule has 1 fully saturated rings. The van der Waals surface area contributed by atoms with Gasteiger partial charge in [0.15, 0.2) is 11.7 Å². The topological polar surface area (TPSA) is 109 Å². The summed E-state index contributed by atoms with van der Waals surface area (Å²) < 4.78 is 0. The van der Waals surface area contributed by atoms with E-state index in [1.54, 1.807) is 6.92 Å². The van der Waals surface area contributed by atoms with Gasteiger partial charge in [0.2, 0.25) is 0 Å². The molecule has 0 amide bonds. The van der Waals surface area contributed by atoms with Crippen LogP contribution in [-0.2, 0) is 4.79 Å². The number of hydrogen-bond acceptors (Lipinski definition) is 2. The Hall–Kier alpha value is -1.10. The van der Waals surface area contributed by atoms with E-state index in [2.05, 4.69) is 10.7 Å². The molecule has 0 spiro atoms. The zero-order chi connectivity index (χ0) is 11.4. The van der Waals surface area contributed by atoms with Gasteiger partial charge in [0.05, 0.1) is 6.04 Å². The summed E-state index contributed by atoms with van der Waals surface area (Å²) in [7, 11) is 0. The number of rotatable bonds is 4. The van der Waals surface area contributed by atoms with E-state index in [0.717, 1.165) is 25.7 Å². The molecule has 5 heteroatoms. The predicted octanol–water partition coefficient (Wildman–Crippen LogP) is -0.982. The summed E-state index contributed by atoms with van der Waals surface area (Å²) in [4.78, 5) is 15.2. The molecular formula is C10H21N4O+. The summed E-state index contributed by atoms with van der Waals surface area (Å²) in [5.74, 6) is 0.878. The Morgan fingerprint density at radius 1 is 1.53 bits per heavy atom. The van der Waals surface area contributed by atoms with E-state index in [4.69, 9.17) is 11.5 Å². The summed E-state index contributed by atoms with van der Waals surface area (Å²) in [6, 6.07) is 0.173. The van der Waals surface area contributed by atoms with Crippen LogP contribution in [0.3, 0.4) is 0 Å². The summed E-state index contributed by atoms with van der Waals surface area (Å²) in [6.45, 7) is 1.60. The minimum Gasteiger partial charge on any atom is -0.370 e. The molecule has 86 valence electrons. The van der Waals surface area contributed by atoms with Crippen LogP contribution >= 0.6 is 0 Å². The largest absolute Gasteiger partial charge is 0.370 e.